The summed E-state index contributed by atoms with van der Waals surface area (Å²) in [6.07, 6.45) is 1.69. The van der Waals surface area contributed by atoms with E-state index in [-0.39, 0.29) is 0 Å². The summed E-state index contributed by atoms with van der Waals surface area (Å²) in [7, 11) is 4.92. The molecule has 2 N–H and O–H groups in total. The Bertz CT molecular complexity index is 623. The quantitative estimate of drug-likeness (QED) is 0.939. The van der Waals surface area contributed by atoms with E-state index in [1.54, 1.807) is 32.1 Å². The molecule has 0 bridgehead atoms. The third-order valence-electron chi connectivity index (χ3n) is 3.05. The molecule has 1 aromatic heterocycles. The molecule has 0 spiro atoms. The highest BCUT2D eigenvalue weighted by Crippen LogP contribution is 2.45. The molecule has 0 fully saturated rings. The fraction of sp³-hybridized carbons (Fsp3) is 0.308. The molecule has 6 heteroatoms. The van der Waals surface area contributed by atoms with Gasteiger partial charge in [0.05, 0.1) is 20.4 Å². The van der Waals surface area contributed by atoms with Crippen molar-refractivity contribution in [3.63, 3.8) is 0 Å². The summed E-state index contributed by atoms with van der Waals surface area (Å²) in [6.45, 7) is 1.92. The fourth-order valence-corrected chi connectivity index (χ4v) is 2.45. The number of ether oxygens (including phenoxy) is 2. The van der Waals surface area contributed by atoms with Crippen molar-refractivity contribution < 1.29 is 9.47 Å². The van der Waals surface area contributed by atoms with Crippen LogP contribution in [0.1, 0.15) is 5.56 Å². The molecule has 0 aliphatic carbocycles. The average molecular weight is 282 g/mol. The number of nitrogens with two attached hydrogens (primary N) is 1. The van der Waals surface area contributed by atoms with Crippen molar-refractivity contribution in [3.05, 3.63) is 22.8 Å². The van der Waals surface area contributed by atoms with Gasteiger partial charge in [-0.3, -0.25) is 4.68 Å². The molecule has 0 saturated carbocycles. The summed E-state index contributed by atoms with van der Waals surface area (Å²) in [6, 6.07) is 1.93. The second-order valence-corrected chi connectivity index (χ2v) is 4.57. The van der Waals surface area contributed by atoms with Gasteiger partial charge in [0, 0.05) is 18.2 Å². The van der Waals surface area contributed by atoms with Gasteiger partial charge in [0.2, 0.25) is 0 Å². The number of hydrogen-bond acceptors (Lipinski definition) is 4. The molecule has 0 atom stereocenters. The van der Waals surface area contributed by atoms with Gasteiger partial charge < -0.3 is 15.2 Å². The summed E-state index contributed by atoms with van der Waals surface area (Å²) in [4.78, 5) is 0. The number of aryl methyl sites for hydroxylation is 2. The Hall–Kier alpha value is -1.88. The van der Waals surface area contributed by atoms with Crippen molar-refractivity contribution in [2.24, 2.45) is 7.05 Å². The van der Waals surface area contributed by atoms with Gasteiger partial charge in [0.25, 0.3) is 0 Å². The highest BCUT2D eigenvalue weighted by molar-refractivity contribution is 6.34. The molecular weight excluding hydrogens is 266 g/mol. The second-order valence-electron chi connectivity index (χ2n) is 4.19. The Morgan fingerprint density at radius 1 is 1.21 bits per heavy atom. The number of aromatic nitrogens is 2. The summed E-state index contributed by atoms with van der Waals surface area (Å²) < 4.78 is 12.3. The predicted octanol–water partition coefficient (Wildman–Crippen LogP) is 2.65. The third kappa shape index (κ3) is 2.10. The third-order valence-corrected chi connectivity index (χ3v) is 3.39. The number of benzene rings is 1. The Balaban J connectivity index is 2.74. The maximum absolute atomic E-state index is 6.31. The van der Waals surface area contributed by atoms with E-state index >= 15 is 0 Å². The van der Waals surface area contributed by atoms with E-state index in [9.17, 15) is 0 Å². The van der Waals surface area contributed by atoms with E-state index in [0.717, 1.165) is 16.7 Å². The fourth-order valence-electron chi connectivity index (χ4n) is 2.05. The van der Waals surface area contributed by atoms with Gasteiger partial charge in [-0.05, 0) is 18.6 Å². The molecule has 2 aromatic rings. The zero-order valence-corrected chi connectivity index (χ0v) is 12.1. The summed E-state index contributed by atoms with van der Waals surface area (Å²) >= 11 is 6.31. The Morgan fingerprint density at radius 3 is 2.32 bits per heavy atom. The molecule has 0 aliphatic heterocycles. The van der Waals surface area contributed by atoms with Gasteiger partial charge in [0.15, 0.2) is 0 Å². The lowest BCUT2D eigenvalue weighted by Crippen LogP contribution is -2.00. The van der Waals surface area contributed by atoms with E-state index in [2.05, 4.69) is 5.10 Å². The molecule has 0 saturated heterocycles. The van der Waals surface area contributed by atoms with Crippen LogP contribution in [0.5, 0.6) is 11.5 Å². The topological polar surface area (TPSA) is 62.3 Å². The monoisotopic (exact) mass is 281 g/mol. The van der Waals surface area contributed by atoms with Crippen molar-refractivity contribution in [1.82, 2.24) is 9.78 Å². The SMILES string of the molecule is COc1c(C)cc(-c2cnn(C)c2N)c(OC)c1Cl. The van der Waals surface area contributed by atoms with Crippen LogP contribution in [0.4, 0.5) is 5.82 Å². The number of nitrogens with zero attached hydrogens (tertiary/aromatic N) is 2. The van der Waals surface area contributed by atoms with Gasteiger partial charge >= 0.3 is 0 Å². The van der Waals surface area contributed by atoms with Crippen LogP contribution in [-0.4, -0.2) is 24.0 Å². The Morgan fingerprint density at radius 2 is 1.84 bits per heavy atom. The zero-order chi connectivity index (χ0) is 14.2. The van der Waals surface area contributed by atoms with E-state index < -0.39 is 0 Å². The van der Waals surface area contributed by atoms with Crippen LogP contribution in [0.25, 0.3) is 11.1 Å². The number of hydrogen-bond donors (Lipinski definition) is 1. The molecule has 0 amide bonds. The van der Waals surface area contributed by atoms with Gasteiger partial charge in [0.1, 0.15) is 22.3 Å². The summed E-state index contributed by atoms with van der Waals surface area (Å²) in [5.41, 5.74) is 8.49. The molecular formula is C13H16ClN3O2. The molecule has 1 heterocycles. The maximum atomic E-state index is 6.31. The standard InChI is InChI=1S/C13H16ClN3O2/c1-7-5-8(9-6-16-17(2)13(9)15)12(19-4)10(14)11(7)18-3/h5-6H,15H2,1-4H3. The summed E-state index contributed by atoms with van der Waals surface area (Å²) in [5.74, 6) is 1.69. The Kier molecular flexibility index (Phi) is 3.57. The number of anilines is 1. The largest absolute Gasteiger partial charge is 0.495 e. The number of rotatable bonds is 3. The smallest absolute Gasteiger partial charge is 0.149 e. The minimum Gasteiger partial charge on any atom is -0.495 e. The molecule has 102 valence electrons. The van der Waals surface area contributed by atoms with Crippen molar-refractivity contribution in [2.45, 2.75) is 6.92 Å². The van der Waals surface area contributed by atoms with Crippen LogP contribution < -0.4 is 15.2 Å². The first kappa shape index (κ1) is 13.5. The van der Waals surface area contributed by atoms with Crippen molar-refractivity contribution in [2.75, 3.05) is 20.0 Å². The van der Waals surface area contributed by atoms with Gasteiger partial charge in [-0.2, -0.15) is 5.10 Å². The van der Waals surface area contributed by atoms with Crippen LogP contribution in [0.3, 0.4) is 0 Å². The average Bonchev–Trinajstić information content (AvgIpc) is 2.70. The van der Waals surface area contributed by atoms with E-state index in [1.807, 2.05) is 13.0 Å². The highest BCUT2D eigenvalue weighted by Gasteiger charge is 2.20. The first-order chi connectivity index (χ1) is 9.01. The van der Waals surface area contributed by atoms with Crippen LogP contribution in [0.2, 0.25) is 5.02 Å². The van der Waals surface area contributed by atoms with Gasteiger partial charge in [-0.15, -0.1) is 0 Å². The van der Waals surface area contributed by atoms with E-state index in [0.29, 0.717) is 22.3 Å². The van der Waals surface area contributed by atoms with Crippen LogP contribution >= 0.6 is 11.6 Å². The molecule has 19 heavy (non-hydrogen) atoms. The van der Waals surface area contributed by atoms with Crippen molar-refractivity contribution in [3.8, 4) is 22.6 Å². The first-order valence-electron chi connectivity index (χ1n) is 5.70. The predicted molar refractivity (Wildman–Crippen MR) is 75.9 cm³/mol. The number of nitrogen functional groups attached to an aromatic ring is 1. The van der Waals surface area contributed by atoms with E-state index in [1.165, 1.54) is 0 Å². The minimum absolute atomic E-state index is 0.434. The second kappa shape index (κ2) is 5.01. The number of methoxy groups -OCH3 is 2. The minimum atomic E-state index is 0.434. The summed E-state index contributed by atoms with van der Waals surface area (Å²) in [5, 5.41) is 4.57. The van der Waals surface area contributed by atoms with Crippen LogP contribution in [0, 0.1) is 6.92 Å². The lowest BCUT2D eigenvalue weighted by atomic mass is 10.0. The molecule has 0 aliphatic rings. The first-order valence-corrected chi connectivity index (χ1v) is 6.08. The molecule has 2 rings (SSSR count). The lowest BCUT2D eigenvalue weighted by Gasteiger charge is -2.15. The van der Waals surface area contributed by atoms with Crippen molar-refractivity contribution >= 4 is 17.4 Å². The van der Waals surface area contributed by atoms with E-state index in [4.69, 9.17) is 26.8 Å². The van der Waals surface area contributed by atoms with Gasteiger partial charge in [-0.1, -0.05) is 11.6 Å². The maximum Gasteiger partial charge on any atom is 0.149 e. The molecule has 0 radical (unpaired) electrons. The molecule has 0 unspecified atom stereocenters. The Labute approximate surface area is 116 Å². The normalized spacial score (nSPS) is 10.6. The molecule has 1 aromatic carbocycles. The van der Waals surface area contributed by atoms with Gasteiger partial charge in [-0.25, -0.2) is 0 Å². The lowest BCUT2D eigenvalue weighted by molar-refractivity contribution is 0.394. The number of halogens is 1. The van der Waals surface area contributed by atoms with Crippen LogP contribution in [-0.2, 0) is 7.05 Å². The highest BCUT2D eigenvalue weighted by atomic mass is 35.5. The van der Waals surface area contributed by atoms with Crippen molar-refractivity contribution in [1.29, 1.82) is 0 Å². The zero-order valence-electron chi connectivity index (χ0n) is 11.3. The molecule has 5 nitrogen and oxygen atoms in total. The van der Waals surface area contributed by atoms with Crippen LogP contribution in [0.15, 0.2) is 12.3 Å².